The van der Waals surface area contributed by atoms with Gasteiger partial charge in [-0.25, -0.2) is 0 Å². The summed E-state index contributed by atoms with van der Waals surface area (Å²) in [5.74, 6) is -0.487. The Morgan fingerprint density at radius 3 is 2.41 bits per heavy atom. The zero-order valence-electron chi connectivity index (χ0n) is 10.0. The molecule has 3 N–H and O–H groups in total. The van der Waals surface area contributed by atoms with Gasteiger partial charge in [-0.3, -0.25) is 4.79 Å². The van der Waals surface area contributed by atoms with E-state index >= 15 is 0 Å². The smallest absolute Gasteiger partial charge is 0.266 e. The summed E-state index contributed by atoms with van der Waals surface area (Å²) in [5, 5.41) is 29.3. The standard InChI is InChI=1S/C11H19N3O3/c1-2-3-13-9-10(8-12)11(17)14(4-6-15)5-7-16/h9,13,15-16H,2-7H2,1H3/b10-9-. The predicted molar refractivity (Wildman–Crippen MR) is 62.7 cm³/mol. The molecule has 0 aliphatic heterocycles. The summed E-state index contributed by atoms with van der Waals surface area (Å²) in [6, 6.07) is 1.80. The summed E-state index contributed by atoms with van der Waals surface area (Å²) in [4.78, 5) is 13.1. The molecule has 0 heterocycles. The van der Waals surface area contributed by atoms with Crippen LogP contribution in [0.4, 0.5) is 0 Å². The fraction of sp³-hybridized carbons (Fsp3) is 0.636. The molecule has 0 radical (unpaired) electrons. The monoisotopic (exact) mass is 241 g/mol. The number of nitrogens with one attached hydrogen (secondary N) is 1. The number of rotatable bonds is 8. The highest BCUT2D eigenvalue weighted by Crippen LogP contribution is 2.00. The van der Waals surface area contributed by atoms with Crippen LogP contribution < -0.4 is 5.32 Å². The van der Waals surface area contributed by atoms with Crippen LogP contribution in [0.5, 0.6) is 0 Å². The Bertz CT molecular complexity index is 291. The van der Waals surface area contributed by atoms with E-state index < -0.39 is 5.91 Å². The molecule has 0 fully saturated rings. The van der Waals surface area contributed by atoms with Crippen LogP contribution in [0.3, 0.4) is 0 Å². The number of nitriles is 1. The molecule has 0 bridgehead atoms. The molecule has 17 heavy (non-hydrogen) atoms. The zero-order valence-corrected chi connectivity index (χ0v) is 10.0. The summed E-state index contributed by atoms with van der Waals surface area (Å²) in [7, 11) is 0. The van der Waals surface area contributed by atoms with Crippen molar-refractivity contribution in [3.05, 3.63) is 11.8 Å². The maximum Gasteiger partial charge on any atom is 0.266 e. The Hall–Kier alpha value is -1.58. The molecule has 0 rings (SSSR count). The number of carbonyl (C=O) groups excluding carboxylic acids is 1. The second-order valence-corrected chi connectivity index (χ2v) is 3.36. The number of hydrogen-bond acceptors (Lipinski definition) is 5. The maximum atomic E-state index is 11.8. The first-order valence-electron chi connectivity index (χ1n) is 5.55. The van der Waals surface area contributed by atoms with Crippen molar-refractivity contribution in [2.75, 3.05) is 32.8 Å². The van der Waals surface area contributed by atoms with E-state index in [1.165, 1.54) is 11.1 Å². The van der Waals surface area contributed by atoms with Crippen LogP contribution in [0.15, 0.2) is 11.8 Å². The molecule has 0 aliphatic carbocycles. The minimum Gasteiger partial charge on any atom is -0.395 e. The van der Waals surface area contributed by atoms with E-state index in [4.69, 9.17) is 15.5 Å². The van der Waals surface area contributed by atoms with Crippen molar-refractivity contribution in [3.8, 4) is 6.07 Å². The van der Waals surface area contributed by atoms with E-state index in [0.717, 1.165) is 6.42 Å². The summed E-state index contributed by atoms with van der Waals surface area (Å²) < 4.78 is 0. The Balaban J connectivity index is 4.58. The highest BCUT2D eigenvalue weighted by molar-refractivity contribution is 5.97. The summed E-state index contributed by atoms with van der Waals surface area (Å²) in [6.07, 6.45) is 2.26. The van der Waals surface area contributed by atoms with E-state index in [1.807, 2.05) is 6.92 Å². The van der Waals surface area contributed by atoms with Crippen molar-refractivity contribution in [2.24, 2.45) is 0 Å². The lowest BCUT2D eigenvalue weighted by molar-refractivity contribution is -0.127. The molecule has 0 aliphatic rings. The third-order valence-electron chi connectivity index (χ3n) is 2.02. The molecule has 0 aromatic carbocycles. The van der Waals surface area contributed by atoms with Gasteiger partial charge in [0.15, 0.2) is 0 Å². The summed E-state index contributed by atoms with van der Waals surface area (Å²) >= 11 is 0. The van der Waals surface area contributed by atoms with E-state index in [0.29, 0.717) is 6.54 Å². The largest absolute Gasteiger partial charge is 0.395 e. The lowest BCUT2D eigenvalue weighted by Gasteiger charge is -2.19. The molecular weight excluding hydrogens is 222 g/mol. The van der Waals surface area contributed by atoms with Crippen LogP contribution in [0.1, 0.15) is 13.3 Å². The highest BCUT2D eigenvalue weighted by Gasteiger charge is 2.17. The number of aliphatic hydroxyl groups is 2. The van der Waals surface area contributed by atoms with Crippen molar-refractivity contribution in [1.82, 2.24) is 10.2 Å². The van der Waals surface area contributed by atoms with E-state index in [1.54, 1.807) is 6.07 Å². The van der Waals surface area contributed by atoms with Crippen LogP contribution in [0.2, 0.25) is 0 Å². The highest BCUT2D eigenvalue weighted by atomic mass is 16.3. The third kappa shape index (κ3) is 5.90. The predicted octanol–water partition coefficient (Wildman–Crippen LogP) is -0.793. The zero-order chi connectivity index (χ0) is 13.1. The molecule has 0 saturated heterocycles. The Kier molecular flexibility index (Phi) is 8.74. The topological polar surface area (TPSA) is 96.6 Å². The van der Waals surface area contributed by atoms with Gasteiger partial charge in [0.05, 0.1) is 13.2 Å². The molecule has 0 aromatic rings. The molecule has 0 atom stereocenters. The third-order valence-corrected chi connectivity index (χ3v) is 2.02. The summed E-state index contributed by atoms with van der Waals surface area (Å²) in [5.41, 5.74) is -0.0275. The Morgan fingerprint density at radius 1 is 1.41 bits per heavy atom. The van der Waals surface area contributed by atoms with Gasteiger partial charge in [0.2, 0.25) is 0 Å². The van der Waals surface area contributed by atoms with Gasteiger partial charge in [0.25, 0.3) is 5.91 Å². The van der Waals surface area contributed by atoms with Crippen LogP contribution in [-0.2, 0) is 4.79 Å². The van der Waals surface area contributed by atoms with Crippen LogP contribution in [0.25, 0.3) is 0 Å². The normalized spacial score (nSPS) is 10.8. The summed E-state index contributed by atoms with van der Waals surface area (Å²) in [6.45, 7) is 2.45. The number of aliphatic hydroxyl groups excluding tert-OH is 2. The molecule has 0 unspecified atom stereocenters. The SMILES string of the molecule is CCCN/C=C(/C#N)C(=O)N(CCO)CCO. The second kappa shape index (κ2) is 9.63. The van der Waals surface area contributed by atoms with Crippen LogP contribution in [-0.4, -0.2) is 53.9 Å². The number of amides is 1. The molecule has 0 aromatic heterocycles. The minimum absolute atomic E-state index is 0.0275. The van der Waals surface area contributed by atoms with Gasteiger partial charge in [-0.1, -0.05) is 6.92 Å². The van der Waals surface area contributed by atoms with Gasteiger partial charge in [-0.15, -0.1) is 0 Å². The van der Waals surface area contributed by atoms with Crippen molar-refractivity contribution < 1.29 is 15.0 Å². The second-order valence-electron chi connectivity index (χ2n) is 3.36. The molecule has 0 spiro atoms. The fourth-order valence-electron chi connectivity index (χ4n) is 1.19. The Labute approximate surface area is 101 Å². The quantitative estimate of drug-likeness (QED) is 0.294. The lowest BCUT2D eigenvalue weighted by atomic mass is 10.2. The van der Waals surface area contributed by atoms with Gasteiger partial charge < -0.3 is 20.4 Å². The first-order chi connectivity index (χ1) is 8.21. The van der Waals surface area contributed by atoms with Crippen molar-refractivity contribution >= 4 is 5.91 Å². The molecule has 0 saturated carbocycles. The van der Waals surface area contributed by atoms with Crippen molar-refractivity contribution in [2.45, 2.75) is 13.3 Å². The fourth-order valence-corrected chi connectivity index (χ4v) is 1.19. The van der Waals surface area contributed by atoms with Gasteiger partial charge in [-0.05, 0) is 6.42 Å². The first-order valence-corrected chi connectivity index (χ1v) is 5.55. The average Bonchev–Trinajstić information content (AvgIpc) is 2.34. The first kappa shape index (κ1) is 15.4. The van der Waals surface area contributed by atoms with Crippen molar-refractivity contribution in [1.29, 1.82) is 5.26 Å². The van der Waals surface area contributed by atoms with Crippen molar-refractivity contribution in [3.63, 3.8) is 0 Å². The molecule has 1 amide bonds. The molecule has 6 nitrogen and oxygen atoms in total. The molecular formula is C11H19N3O3. The number of nitrogens with zero attached hydrogens (tertiary/aromatic N) is 2. The molecule has 6 heteroatoms. The lowest BCUT2D eigenvalue weighted by Crippen LogP contribution is -2.37. The van der Waals surface area contributed by atoms with E-state index in [9.17, 15) is 4.79 Å². The number of hydrogen-bond donors (Lipinski definition) is 3. The van der Waals surface area contributed by atoms with Crippen LogP contribution in [0, 0.1) is 11.3 Å². The Morgan fingerprint density at radius 2 is 2.00 bits per heavy atom. The number of carbonyl (C=O) groups is 1. The van der Waals surface area contributed by atoms with Gasteiger partial charge in [0, 0.05) is 25.8 Å². The van der Waals surface area contributed by atoms with Gasteiger partial charge in [0.1, 0.15) is 11.6 Å². The van der Waals surface area contributed by atoms with Gasteiger partial charge in [-0.2, -0.15) is 5.26 Å². The van der Waals surface area contributed by atoms with E-state index in [-0.39, 0.29) is 31.9 Å². The maximum absolute atomic E-state index is 11.8. The van der Waals surface area contributed by atoms with E-state index in [2.05, 4.69) is 5.32 Å². The van der Waals surface area contributed by atoms with Crippen LogP contribution >= 0.6 is 0 Å². The van der Waals surface area contributed by atoms with Gasteiger partial charge >= 0.3 is 0 Å². The molecule has 96 valence electrons. The minimum atomic E-state index is -0.487. The average molecular weight is 241 g/mol.